The van der Waals surface area contributed by atoms with Gasteiger partial charge < -0.3 is 9.80 Å². The summed E-state index contributed by atoms with van der Waals surface area (Å²) in [7, 11) is 3.84. The van der Waals surface area contributed by atoms with Crippen LogP contribution < -0.4 is 0 Å². The molecule has 0 aliphatic heterocycles. The van der Waals surface area contributed by atoms with Crippen LogP contribution >= 0.6 is 0 Å². The average Bonchev–Trinajstić information content (AvgIpc) is 2.37. The monoisotopic (exact) mass is 296 g/mol. The van der Waals surface area contributed by atoms with Crippen LogP contribution in [-0.4, -0.2) is 42.9 Å². The molecule has 0 spiro atoms. The second-order valence-electron chi connectivity index (χ2n) is 5.53. The Kier molecular flexibility index (Phi) is 6.49. The summed E-state index contributed by atoms with van der Waals surface area (Å²) in [4.78, 5) is 15.8. The van der Waals surface area contributed by atoms with Gasteiger partial charge in [-0.1, -0.05) is 11.6 Å². The summed E-state index contributed by atoms with van der Waals surface area (Å²) in [5.41, 5.74) is 1.48. The number of nitrogens with zero attached hydrogens (tertiary/aromatic N) is 2. The molecule has 0 N–H and O–H groups in total. The van der Waals surface area contributed by atoms with Gasteiger partial charge in [0, 0.05) is 25.7 Å². The lowest BCUT2D eigenvalue weighted by Gasteiger charge is -2.23. The highest BCUT2D eigenvalue weighted by atomic mass is 19.2. The number of benzene rings is 1. The highest BCUT2D eigenvalue weighted by Gasteiger charge is 2.13. The number of hydrogen-bond acceptors (Lipinski definition) is 2. The van der Waals surface area contributed by atoms with Crippen molar-refractivity contribution in [2.45, 2.75) is 20.4 Å². The zero-order valence-corrected chi connectivity index (χ0v) is 13.0. The largest absolute Gasteiger partial charge is 0.334 e. The molecule has 5 heteroatoms. The minimum atomic E-state index is -0.894. The van der Waals surface area contributed by atoms with Crippen LogP contribution in [0.15, 0.2) is 29.8 Å². The van der Waals surface area contributed by atoms with E-state index in [2.05, 4.69) is 0 Å². The number of carbonyl (C=O) groups excluding carboxylic acids is 1. The van der Waals surface area contributed by atoms with Crippen molar-refractivity contribution in [3.63, 3.8) is 0 Å². The number of carbonyl (C=O) groups is 1. The number of likely N-dealkylation sites (N-methyl/N-ethyl adjacent to an activating group) is 1. The van der Waals surface area contributed by atoms with Gasteiger partial charge in [-0.2, -0.15) is 0 Å². The zero-order chi connectivity index (χ0) is 16.0. The van der Waals surface area contributed by atoms with Crippen LogP contribution in [0, 0.1) is 11.6 Å². The molecule has 0 heterocycles. The minimum absolute atomic E-state index is 0.124. The third-order valence-electron chi connectivity index (χ3n) is 2.90. The first-order valence-electron chi connectivity index (χ1n) is 6.82. The van der Waals surface area contributed by atoms with Crippen LogP contribution in [0.25, 0.3) is 0 Å². The van der Waals surface area contributed by atoms with Gasteiger partial charge in [-0.3, -0.25) is 4.79 Å². The maximum atomic E-state index is 13.3. The predicted molar refractivity (Wildman–Crippen MR) is 79.8 cm³/mol. The highest BCUT2D eigenvalue weighted by molar-refractivity contribution is 5.88. The molecule has 3 nitrogen and oxygen atoms in total. The number of amides is 1. The fourth-order valence-electron chi connectivity index (χ4n) is 1.78. The third-order valence-corrected chi connectivity index (χ3v) is 2.90. The molecule has 0 bridgehead atoms. The molecule has 0 saturated heterocycles. The zero-order valence-electron chi connectivity index (χ0n) is 13.0. The van der Waals surface area contributed by atoms with Crippen molar-refractivity contribution < 1.29 is 13.6 Å². The van der Waals surface area contributed by atoms with E-state index < -0.39 is 11.6 Å². The molecule has 0 aromatic heterocycles. The van der Waals surface area contributed by atoms with Crippen molar-refractivity contribution >= 4 is 5.91 Å². The quantitative estimate of drug-likeness (QED) is 0.754. The molecular formula is C16H22F2N2O. The van der Waals surface area contributed by atoms with Crippen LogP contribution in [0.3, 0.4) is 0 Å². The second kappa shape index (κ2) is 7.88. The Morgan fingerprint density at radius 1 is 1.14 bits per heavy atom. The number of halogens is 2. The van der Waals surface area contributed by atoms with Gasteiger partial charge >= 0.3 is 0 Å². The van der Waals surface area contributed by atoms with Gasteiger partial charge in [0.05, 0.1) is 0 Å². The van der Waals surface area contributed by atoms with E-state index in [1.807, 2.05) is 32.8 Å². The standard InChI is InChI=1S/C16H22F2N2O/c1-12(2)9-16(21)20(8-7-19(3)4)11-13-5-6-14(17)15(18)10-13/h5-6,9-10H,7-8,11H2,1-4H3. The van der Waals surface area contributed by atoms with Gasteiger partial charge in [0.15, 0.2) is 11.6 Å². The van der Waals surface area contributed by atoms with E-state index in [-0.39, 0.29) is 12.5 Å². The van der Waals surface area contributed by atoms with E-state index >= 15 is 0 Å². The van der Waals surface area contributed by atoms with Crippen LogP contribution in [0.5, 0.6) is 0 Å². The summed E-state index contributed by atoms with van der Waals surface area (Å²) in [6.07, 6.45) is 1.55. The first-order chi connectivity index (χ1) is 9.79. The van der Waals surface area contributed by atoms with Crippen LogP contribution in [0.4, 0.5) is 8.78 Å². The lowest BCUT2D eigenvalue weighted by Crippen LogP contribution is -2.35. The van der Waals surface area contributed by atoms with Crippen molar-refractivity contribution in [2.24, 2.45) is 0 Å². The number of allylic oxidation sites excluding steroid dienone is 1. The van der Waals surface area contributed by atoms with Crippen LogP contribution in [0.1, 0.15) is 19.4 Å². The molecular weight excluding hydrogens is 274 g/mol. The molecule has 0 aliphatic rings. The van der Waals surface area contributed by atoms with E-state index in [1.54, 1.807) is 11.0 Å². The highest BCUT2D eigenvalue weighted by Crippen LogP contribution is 2.12. The van der Waals surface area contributed by atoms with Gasteiger partial charge in [-0.05, 0) is 45.6 Å². The number of rotatable bonds is 6. The molecule has 1 rings (SSSR count). The van der Waals surface area contributed by atoms with Crippen LogP contribution in [0.2, 0.25) is 0 Å². The molecule has 0 radical (unpaired) electrons. The Balaban J connectivity index is 2.87. The second-order valence-corrected chi connectivity index (χ2v) is 5.53. The lowest BCUT2D eigenvalue weighted by atomic mass is 10.2. The molecule has 1 aromatic carbocycles. The fourth-order valence-corrected chi connectivity index (χ4v) is 1.78. The summed E-state index contributed by atoms with van der Waals surface area (Å²) in [5, 5.41) is 0. The Labute approximate surface area is 124 Å². The Hall–Kier alpha value is -1.75. The lowest BCUT2D eigenvalue weighted by molar-refractivity contribution is -0.126. The van der Waals surface area contributed by atoms with Gasteiger partial charge in [-0.25, -0.2) is 8.78 Å². The average molecular weight is 296 g/mol. The fraction of sp³-hybridized carbons (Fsp3) is 0.438. The summed E-state index contributed by atoms with van der Waals surface area (Å²) >= 11 is 0. The van der Waals surface area contributed by atoms with Gasteiger partial charge in [0.25, 0.3) is 0 Å². The molecule has 21 heavy (non-hydrogen) atoms. The smallest absolute Gasteiger partial charge is 0.246 e. The molecule has 0 unspecified atom stereocenters. The molecule has 0 atom stereocenters. The van der Waals surface area contributed by atoms with Gasteiger partial charge in [0.2, 0.25) is 5.91 Å². The molecule has 0 aliphatic carbocycles. The third kappa shape index (κ3) is 6.04. The predicted octanol–water partition coefficient (Wildman–Crippen LogP) is 2.82. The van der Waals surface area contributed by atoms with Crippen molar-refractivity contribution in [2.75, 3.05) is 27.2 Å². The summed E-state index contributed by atoms with van der Waals surface area (Å²) in [5.74, 6) is -1.90. The molecule has 0 saturated carbocycles. The summed E-state index contributed by atoms with van der Waals surface area (Å²) < 4.78 is 26.2. The maximum Gasteiger partial charge on any atom is 0.246 e. The van der Waals surface area contributed by atoms with E-state index in [0.717, 1.165) is 17.7 Å². The van der Waals surface area contributed by atoms with Gasteiger partial charge in [0.1, 0.15) is 0 Å². The first-order valence-corrected chi connectivity index (χ1v) is 6.82. The topological polar surface area (TPSA) is 23.6 Å². The number of hydrogen-bond donors (Lipinski definition) is 0. The molecule has 116 valence electrons. The van der Waals surface area contributed by atoms with Crippen molar-refractivity contribution in [1.29, 1.82) is 0 Å². The summed E-state index contributed by atoms with van der Waals surface area (Å²) in [6, 6.07) is 3.71. The normalized spacial score (nSPS) is 10.6. The van der Waals surface area contributed by atoms with Crippen molar-refractivity contribution in [1.82, 2.24) is 9.80 Å². The Morgan fingerprint density at radius 3 is 2.33 bits per heavy atom. The van der Waals surface area contributed by atoms with E-state index in [4.69, 9.17) is 0 Å². The van der Waals surface area contributed by atoms with Gasteiger partial charge in [-0.15, -0.1) is 0 Å². The van der Waals surface area contributed by atoms with Crippen molar-refractivity contribution in [3.8, 4) is 0 Å². The molecule has 1 amide bonds. The first kappa shape index (κ1) is 17.3. The van der Waals surface area contributed by atoms with E-state index in [9.17, 15) is 13.6 Å². The molecule has 1 aromatic rings. The molecule has 0 fully saturated rings. The Morgan fingerprint density at radius 2 is 1.81 bits per heavy atom. The van der Waals surface area contributed by atoms with E-state index in [0.29, 0.717) is 18.7 Å². The SMILES string of the molecule is CC(C)=CC(=O)N(CCN(C)C)Cc1ccc(F)c(F)c1. The Bertz CT molecular complexity index is 523. The minimum Gasteiger partial charge on any atom is -0.334 e. The maximum absolute atomic E-state index is 13.3. The van der Waals surface area contributed by atoms with E-state index in [1.165, 1.54) is 6.07 Å². The van der Waals surface area contributed by atoms with Crippen LogP contribution in [-0.2, 0) is 11.3 Å². The summed E-state index contributed by atoms with van der Waals surface area (Å²) in [6.45, 7) is 5.17. The van der Waals surface area contributed by atoms with Crippen molar-refractivity contribution in [3.05, 3.63) is 47.0 Å².